The lowest BCUT2D eigenvalue weighted by Crippen LogP contribution is -2.51. The van der Waals surface area contributed by atoms with Crippen LogP contribution in [0.3, 0.4) is 0 Å². The molecule has 0 spiro atoms. The zero-order chi connectivity index (χ0) is 25.0. The van der Waals surface area contributed by atoms with Gasteiger partial charge in [-0.15, -0.1) is 0 Å². The first-order valence-electron chi connectivity index (χ1n) is 13.7. The Morgan fingerprint density at radius 1 is 1.20 bits per heavy atom. The summed E-state index contributed by atoms with van der Waals surface area (Å²) in [5.41, 5.74) is 2.75. The summed E-state index contributed by atoms with van der Waals surface area (Å²) in [4.78, 5) is 31.6. The number of rotatable bonds is 4. The lowest BCUT2D eigenvalue weighted by molar-refractivity contribution is -0.117. The Balaban J connectivity index is 1.24. The normalized spacial score (nSPS) is 43.2. The number of hydrogen-bond acceptors (Lipinski definition) is 6. The molecule has 4 fully saturated rings. The average Bonchev–Trinajstić information content (AvgIpc) is 3.39. The van der Waals surface area contributed by atoms with E-state index in [-0.39, 0.29) is 23.0 Å². The molecule has 7 nitrogen and oxygen atoms in total. The Morgan fingerprint density at radius 2 is 2.00 bits per heavy atom. The molecule has 194 valence electrons. The van der Waals surface area contributed by atoms with Gasteiger partial charge in [0.25, 0.3) is 0 Å². The molecule has 4 aliphatic carbocycles. The first kappa shape index (κ1) is 24.9. The van der Waals surface area contributed by atoms with Gasteiger partial charge in [-0.3, -0.25) is 9.63 Å². The van der Waals surface area contributed by atoms with E-state index in [2.05, 4.69) is 24.3 Å². The summed E-state index contributed by atoms with van der Waals surface area (Å²) in [6, 6.07) is 0.0901. The van der Waals surface area contributed by atoms with E-state index in [1.165, 1.54) is 31.3 Å². The van der Waals surface area contributed by atoms with Crippen LogP contribution >= 0.6 is 0 Å². The van der Waals surface area contributed by atoms with Crippen LogP contribution in [-0.2, 0) is 9.63 Å². The van der Waals surface area contributed by atoms with Crippen molar-refractivity contribution < 1.29 is 19.5 Å². The average molecular weight is 486 g/mol. The lowest BCUT2D eigenvalue weighted by Gasteiger charge is -2.58. The Kier molecular flexibility index (Phi) is 6.62. The van der Waals surface area contributed by atoms with Gasteiger partial charge in [-0.25, -0.2) is 4.79 Å². The molecule has 0 aromatic carbocycles. The molecule has 8 atom stereocenters. The van der Waals surface area contributed by atoms with E-state index < -0.39 is 6.09 Å². The highest BCUT2D eigenvalue weighted by Crippen LogP contribution is 2.66. The summed E-state index contributed by atoms with van der Waals surface area (Å²) in [5.74, 6) is 2.73. The van der Waals surface area contributed by atoms with Crippen LogP contribution in [0.5, 0.6) is 0 Å². The zero-order valence-corrected chi connectivity index (χ0v) is 21.9. The van der Waals surface area contributed by atoms with Crippen molar-refractivity contribution >= 4 is 17.6 Å². The molecule has 0 bridgehead atoms. The number of nitrogens with zero attached hydrogens (tertiary/aromatic N) is 2. The molecule has 2 N–H and O–H groups in total. The fourth-order valence-electron chi connectivity index (χ4n) is 8.83. The van der Waals surface area contributed by atoms with Crippen LogP contribution in [0, 0.1) is 34.5 Å². The van der Waals surface area contributed by atoms with Crippen LogP contribution in [0.2, 0.25) is 0 Å². The van der Waals surface area contributed by atoms with Crippen molar-refractivity contribution in [2.45, 2.75) is 90.7 Å². The summed E-state index contributed by atoms with van der Waals surface area (Å²) >= 11 is 0. The van der Waals surface area contributed by atoms with Gasteiger partial charge in [-0.05, 0) is 93.0 Å². The number of amides is 1. The lowest BCUT2D eigenvalue weighted by atomic mass is 9.46. The molecule has 3 saturated carbocycles. The van der Waals surface area contributed by atoms with E-state index in [0.29, 0.717) is 55.4 Å². The van der Waals surface area contributed by atoms with E-state index in [1.54, 1.807) is 11.9 Å². The summed E-state index contributed by atoms with van der Waals surface area (Å²) < 4.78 is 0. The third-order valence-electron chi connectivity index (χ3n) is 10.7. The number of β-amino-alcohol motifs (C(OH)–C–C–N with tert-alkyl or cyclic N) is 1. The van der Waals surface area contributed by atoms with Crippen LogP contribution < -0.4 is 5.32 Å². The number of carbonyl (C=O) groups excluding carboxylic acids is 2. The van der Waals surface area contributed by atoms with Gasteiger partial charge in [-0.2, -0.15) is 0 Å². The molecule has 0 aromatic heterocycles. The Labute approximate surface area is 209 Å². The van der Waals surface area contributed by atoms with Gasteiger partial charge in [0.2, 0.25) is 0 Å². The summed E-state index contributed by atoms with van der Waals surface area (Å²) in [7, 11) is 1.72. The summed E-state index contributed by atoms with van der Waals surface area (Å²) in [5, 5.41) is 17.3. The van der Waals surface area contributed by atoms with E-state index >= 15 is 0 Å². The number of carbonyl (C=O) groups is 2. The molecule has 35 heavy (non-hydrogen) atoms. The highest BCUT2D eigenvalue weighted by atomic mass is 16.7. The van der Waals surface area contributed by atoms with E-state index in [4.69, 9.17) is 4.84 Å². The SMILES string of the molecule is C/C(=N\OC(=O)N(C)C[C@@H]1C[C@@H](O)CN1)[C@H]1CC[C@H]2[C@@H]3CCC4=CC(=O)CC[C@]4(C)[C@H]3CC[C@]12C. The van der Waals surface area contributed by atoms with Crippen molar-refractivity contribution in [3.8, 4) is 0 Å². The molecule has 0 unspecified atom stereocenters. The van der Waals surface area contributed by atoms with Crippen LogP contribution in [0.15, 0.2) is 16.8 Å². The van der Waals surface area contributed by atoms with Gasteiger partial charge in [0.15, 0.2) is 5.78 Å². The first-order valence-corrected chi connectivity index (χ1v) is 13.7. The maximum absolute atomic E-state index is 12.6. The first-order chi connectivity index (χ1) is 16.6. The molecule has 1 aliphatic heterocycles. The van der Waals surface area contributed by atoms with Gasteiger partial charge < -0.3 is 15.3 Å². The molecule has 1 heterocycles. The highest BCUT2D eigenvalue weighted by molar-refractivity contribution is 5.91. The second-order valence-electron chi connectivity index (χ2n) is 12.6. The second kappa shape index (κ2) is 9.29. The van der Waals surface area contributed by atoms with Crippen molar-refractivity contribution in [2.75, 3.05) is 20.1 Å². The zero-order valence-electron chi connectivity index (χ0n) is 21.9. The van der Waals surface area contributed by atoms with E-state index in [0.717, 1.165) is 25.0 Å². The van der Waals surface area contributed by atoms with Gasteiger partial charge in [0.1, 0.15) is 0 Å². The fraction of sp³-hybridized carbons (Fsp3) is 0.821. The third kappa shape index (κ3) is 4.37. The van der Waals surface area contributed by atoms with Crippen LogP contribution in [0.25, 0.3) is 0 Å². The maximum Gasteiger partial charge on any atom is 0.435 e. The molecular formula is C28H43N3O4. The van der Waals surface area contributed by atoms with Crippen molar-refractivity contribution in [2.24, 2.45) is 39.7 Å². The number of nitrogens with one attached hydrogen (secondary N) is 1. The molecule has 0 aromatic rings. The Morgan fingerprint density at radius 3 is 2.74 bits per heavy atom. The summed E-state index contributed by atoms with van der Waals surface area (Å²) in [6.07, 6.45) is 10.6. The minimum absolute atomic E-state index is 0.0901. The monoisotopic (exact) mass is 485 g/mol. The quantitative estimate of drug-likeness (QED) is 0.352. The molecule has 1 amide bonds. The molecule has 5 aliphatic rings. The number of hydrogen-bond donors (Lipinski definition) is 2. The standard InChI is InChI=1S/C28H43N3O4/c1-17(30-35-26(34)31(4)16-19-14-21(33)15-29-19)23-7-8-24-22-6-5-18-13-20(32)9-11-27(18,2)25(22)10-12-28(23,24)3/h13,19,21-25,29,33H,5-12,14-16H2,1-4H3/b30-17+/t19-,21+,22-,23+,24-,25-,27-,28+/m0/s1. The topological polar surface area (TPSA) is 91.2 Å². The second-order valence-corrected chi connectivity index (χ2v) is 12.6. The van der Waals surface area contributed by atoms with Crippen molar-refractivity contribution in [1.82, 2.24) is 10.2 Å². The van der Waals surface area contributed by atoms with E-state index in [1.807, 2.05) is 13.0 Å². The third-order valence-corrected chi connectivity index (χ3v) is 10.7. The number of aliphatic hydroxyl groups excluding tert-OH is 1. The van der Waals surface area contributed by atoms with Gasteiger partial charge in [-0.1, -0.05) is 24.6 Å². The number of fused-ring (bicyclic) bond motifs is 5. The smallest absolute Gasteiger partial charge is 0.392 e. The minimum atomic E-state index is -0.442. The highest BCUT2D eigenvalue weighted by Gasteiger charge is 2.59. The molecular weight excluding hydrogens is 442 g/mol. The van der Waals surface area contributed by atoms with Crippen LogP contribution in [0.4, 0.5) is 4.79 Å². The number of aliphatic hydroxyl groups is 1. The Hall–Kier alpha value is -1.73. The minimum Gasteiger partial charge on any atom is -0.392 e. The predicted molar refractivity (Wildman–Crippen MR) is 135 cm³/mol. The number of likely N-dealkylation sites (N-methyl/N-ethyl adjacent to an activating group) is 1. The molecule has 7 heteroatoms. The van der Waals surface area contributed by atoms with Crippen molar-refractivity contribution in [3.63, 3.8) is 0 Å². The van der Waals surface area contributed by atoms with E-state index in [9.17, 15) is 14.7 Å². The molecule has 5 rings (SSSR count). The van der Waals surface area contributed by atoms with Gasteiger partial charge >= 0.3 is 6.09 Å². The predicted octanol–water partition coefficient (Wildman–Crippen LogP) is 4.30. The molecule has 1 saturated heterocycles. The van der Waals surface area contributed by atoms with Crippen LogP contribution in [0.1, 0.15) is 78.6 Å². The molecule has 0 radical (unpaired) electrons. The van der Waals surface area contributed by atoms with Crippen molar-refractivity contribution in [1.29, 1.82) is 0 Å². The van der Waals surface area contributed by atoms with Crippen molar-refractivity contribution in [3.05, 3.63) is 11.6 Å². The van der Waals surface area contributed by atoms with Crippen LogP contribution in [-0.4, -0.2) is 59.9 Å². The number of ketones is 1. The summed E-state index contributed by atoms with van der Waals surface area (Å²) in [6.45, 7) is 7.98. The van der Waals surface area contributed by atoms with Gasteiger partial charge in [0, 0.05) is 38.5 Å². The Bertz CT molecular complexity index is 931. The largest absolute Gasteiger partial charge is 0.435 e. The number of allylic oxidation sites excluding steroid dienone is 1. The number of oxime groups is 1. The maximum atomic E-state index is 12.6. The fourth-order valence-corrected chi connectivity index (χ4v) is 8.83. The van der Waals surface area contributed by atoms with Gasteiger partial charge in [0.05, 0.1) is 11.8 Å².